The van der Waals surface area contributed by atoms with Crippen LogP contribution in [0.2, 0.25) is 10.0 Å². The van der Waals surface area contributed by atoms with Gasteiger partial charge in [-0.1, -0.05) is 29.3 Å². The molecule has 2 fully saturated rings. The van der Waals surface area contributed by atoms with Gasteiger partial charge in [0.25, 0.3) is 0 Å². The lowest BCUT2D eigenvalue weighted by atomic mass is 9.94. The minimum absolute atomic E-state index is 0.299. The van der Waals surface area contributed by atoms with E-state index in [-0.39, 0.29) is 5.82 Å². The molecule has 2 aliphatic heterocycles. The second-order valence-electron chi connectivity index (χ2n) is 9.69. The van der Waals surface area contributed by atoms with Crippen molar-refractivity contribution in [2.45, 2.75) is 44.8 Å². The number of halogens is 3. The van der Waals surface area contributed by atoms with E-state index in [1.54, 1.807) is 12.1 Å². The van der Waals surface area contributed by atoms with Crippen LogP contribution in [0.25, 0.3) is 10.9 Å². The van der Waals surface area contributed by atoms with E-state index in [9.17, 15) is 9.50 Å². The maximum Gasteiger partial charge on any atom is 0.129 e. The number of aliphatic hydroxyl groups is 1. The number of benzene rings is 2. The first-order valence-corrected chi connectivity index (χ1v) is 12.9. The molecule has 34 heavy (non-hydrogen) atoms. The molecule has 2 aliphatic rings. The summed E-state index contributed by atoms with van der Waals surface area (Å²) in [4.78, 5) is 5.05. The summed E-state index contributed by atoms with van der Waals surface area (Å²) in [5.74, 6) is 0.104. The summed E-state index contributed by atoms with van der Waals surface area (Å²) in [7, 11) is 0. The van der Waals surface area contributed by atoms with Crippen LogP contribution in [0.15, 0.2) is 36.4 Å². The molecule has 3 aromatic rings. The Balaban J connectivity index is 1.30. The molecule has 0 amide bonds. The molecule has 1 atom stereocenters. The first-order valence-electron chi connectivity index (χ1n) is 12.2. The second kappa shape index (κ2) is 10.5. The molecule has 0 aliphatic carbocycles. The van der Waals surface area contributed by atoms with Crippen LogP contribution >= 0.6 is 23.2 Å². The second-order valence-corrected chi connectivity index (χ2v) is 10.6. The topological polar surface area (TPSA) is 44.5 Å². The fourth-order valence-electron chi connectivity index (χ4n) is 5.50. The standard InChI is InChI=1S/C26H31Cl2FN4O/c27-20-5-6-26-23(12-20)25(30-33(26)15-19-3-4-21(28)13-24(19)29)16-31-10-7-22(8-11-31)32-9-1-2-18(14-32)17-34/h3-6,12-13,18,22,34H,1-2,7-11,14-17H2. The number of nitrogens with zero attached hydrogens (tertiary/aromatic N) is 4. The van der Waals surface area contributed by atoms with Crippen LogP contribution in [0.5, 0.6) is 0 Å². The van der Waals surface area contributed by atoms with Crippen LogP contribution in [-0.2, 0) is 13.1 Å². The third kappa shape index (κ3) is 5.26. The van der Waals surface area contributed by atoms with E-state index in [2.05, 4.69) is 9.80 Å². The van der Waals surface area contributed by atoms with Crippen molar-refractivity contribution >= 4 is 34.1 Å². The van der Waals surface area contributed by atoms with Crippen molar-refractivity contribution in [3.63, 3.8) is 0 Å². The van der Waals surface area contributed by atoms with E-state index < -0.39 is 0 Å². The average molecular weight is 505 g/mol. The number of rotatable bonds is 6. The average Bonchev–Trinajstić information content (AvgIpc) is 3.17. The molecular weight excluding hydrogens is 474 g/mol. The van der Waals surface area contributed by atoms with Gasteiger partial charge in [-0.2, -0.15) is 5.10 Å². The van der Waals surface area contributed by atoms with Crippen molar-refractivity contribution in [2.24, 2.45) is 5.92 Å². The van der Waals surface area contributed by atoms with Crippen LogP contribution in [0.1, 0.15) is 36.9 Å². The van der Waals surface area contributed by atoms with E-state index >= 15 is 0 Å². The Morgan fingerprint density at radius 1 is 0.971 bits per heavy atom. The van der Waals surface area contributed by atoms with Gasteiger partial charge >= 0.3 is 0 Å². The van der Waals surface area contributed by atoms with Gasteiger partial charge in [-0.3, -0.25) is 14.5 Å². The van der Waals surface area contributed by atoms with Crippen LogP contribution in [0.3, 0.4) is 0 Å². The quantitative estimate of drug-likeness (QED) is 0.501. The fourth-order valence-corrected chi connectivity index (χ4v) is 5.83. The van der Waals surface area contributed by atoms with Gasteiger partial charge in [0.15, 0.2) is 0 Å². The Kier molecular flexibility index (Phi) is 7.42. The number of likely N-dealkylation sites (tertiary alicyclic amines) is 2. The van der Waals surface area contributed by atoms with Crippen LogP contribution in [0.4, 0.5) is 4.39 Å². The van der Waals surface area contributed by atoms with Gasteiger partial charge in [-0.25, -0.2) is 4.39 Å². The predicted octanol–water partition coefficient (Wildman–Crippen LogP) is 5.20. The molecule has 5 rings (SSSR count). The summed E-state index contributed by atoms with van der Waals surface area (Å²) < 4.78 is 16.3. The summed E-state index contributed by atoms with van der Waals surface area (Å²) in [5.41, 5.74) is 2.48. The lowest BCUT2D eigenvalue weighted by Crippen LogP contribution is -2.48. The van der Waals surface area contributed by atoms with Gasteiger partial charge in [0.05, 0.1) is 17.8 Å². The highest BCUT2D eigenvalue weighted by Crippen LogP contribution is 2.28. The first kappa shape index (κ1) is 24.0. The van der Waals surface area contributed by atoms with Gasteiger partial charge in [-0.15, -0.1) is 0 Å². The maximum absolute atomic E-state index is 14.4. The maximum atomic E-state index is 14.4. The number of fused-ring (bicyclic) bond motifs is 1. The molecule has 1 N–H and O–H groups in total. The SMILES string of the molecule is OCC1CCCN(C2CCN(Cc3nn(Cc4ccc(Cl)cc4F)c4ccc(Cl)cc34)CC2)C1. The van der Waals surface area contributed by atoms with E-state index in [4.69, 9.17) is 28.3 Å². The zero-order valence-corrected chi connectivity index (χ0v) is 20.8. The molecule has 0 saturated carbocycles. The molecule has 5 nitrogen and oxygen atoms in total. The smallest absolute Gasteiger partial charge is 0.129 e. The fraction of sp³-hybridized carbons (Fsp3) is 0.500. The van der Waals surface area contributed by atoms with E-state index in [1.165, 1.54) is 12.5 Å². The lowest BCUT2D eigenvalue weighted by Gasteiger charge is -2.42. The van der Waals surface area contributed by atoms with Crippen LogP contribution in [0, 0.1) is 11.7 Å². The van der Waals surface area contributed by atoms with Crippen LogP contribution in [-0.4, -0.2) is 63.5 Å². The number of aliphatic hydroxyl groups excluding tert-OH is 1. The largest absolute Gasteiger partial charge is 0.396 e. The van der Waals surface area contributed by atoms with Gasteiger partial charge in [0.1, 0.15) is 5.82 Å². The Bertz CT molecular complexity index is 1150. The molecule has 2 aromatic carbocycles. The normalized spacial score (nSPS) is 20.9. The highest BCUT2D eigenvalue weighted by molar-refractivity contribution is 6.31. The Morgan fingerprint density at radius 3 is 2.50 bits per heavy atom. The molecule has 1 unspecified atom stereocenters. The summed E-state index contributed by atoms with van der Waals surface area (Å²) >= 11 is 12.2. The minimum atomic E-state index is -0.324. The van der Waals surface area contributed by atoms with Crippen molar-refractivity contribution in [1.82, 2.24) is 19.6 Å². The third-order valence-corrected chi connectivity index (χ3v) is 7.85. The van der Waals surface area contributed by atoms with Crippen molar-refractivity contribution < 1.29 is 9.50 Å². The van der Waals surface area contributed by atoms with E-state index in [1.807, 2.05) is 22.9 Å². The van der Waals surface area contributed by atoms with Crippen molar-refractivity contribution in [1.29, 1.82) is 0 Å². The van der Waals surface area contributed by atoms with Gasteiger partial charge in [0.2, 0.25) is 0 Å². The van der Waals surface area contributed by atoms with Gasteiger partial charge in [0, 0.05) is 59.8 Å². The first-order chi connectivity index (χ1) is 16.5. The molecule has 2 saturated heterocycles. The zero-order chi connectivity index (χ0) is 23.7. The zero-order valence-electron chi connectivity index (χ0n) is 19.3. The lowest BCUT2D eigenvalue weighted by molar-refractivity contribution is 0.0524. The van der Waals surface area contributed by atoms with Crippen molar-refractivity contribution in [3.05, 3.63) is 63.5 Å². The van der Waals surface area contributed by atoms with Gasteiger partial charge in [-0.05, 0) is 68.5 Å². The Morgan fingerprint density at radius 2 is 1.74 bits per heavy atom. The predicted molar refractivity (Wildman–Crippen MR) is 135 cm³/mol. The number of hydrogen-bond acceptors (Lipinski definition) is 4. The molecule has 0 bridgehead atoms. The molecule has 8 heteroatoms. The molecule has 0 spiro atoms. The monoisotopic (exact) mass is 504 g/mol. The van der Waals surface area contributed by atoms with E-state index in [0.29, 0.717) is 40.7 Å². The molecule has 182 valence electrons. The highest BCUT2D eigenvalue weighted by Gasteiger charge is 2.29. The van der Waals surface area contributed by atoms with Gasteiger partial charge < -0.3 is 5.11 Å². The van der Waals surface area contributed by atoms with E-state index in [0.717, 1.165) is 68.6 Å². The Hall–Kier alpha value is -1.70. The summed E-state index contributed by atoms with van der Waals surface area (Å²) in [6, 6.07) is 11.1. The Labute approximate surface area is 210 Å². The number of aromatic nitrogens is 2. The summed E-state index contributed by atoms with van der Waals surface area (Å²) in [6.45, 7) is 5.60. The molecule has 1 aromatic heterocycles. The third-order valence-electron chi connectivity index (χ3n) is 7.38. The van der Waals surface area contributed by atoms with Crippen molar-refractivity contribution in [2.75, 3.05) is 32.8 Å². The highest BCUT2D eigenvalue weighted by atomic mass is 35.5. The molecular formula is C26H31Cl2FN4O. The number of piperidine rings is 2. The van der Waals surface area contributed by atoms with Crippen molar-refractivity contribution in [3.8, 4) is 0 Å². The minimum Gasteiger partial charge on any atom is -0.396 e. The summed E-state index contributed by atoms with van der Waals surface area (Å²) in [6.07, 6.45) is 4.59. The van der Waals surface area contributed by atoms with Crippen LogP contribution < -0.4 is 0 Å². The number of hydrogen-bond donors (Lipinski definition) is 1. The summed E-state index contributed by atoms with van der Waals surface area (Å²) in [5, 5.41) is 16.5. The molecule has 0 radical (unpaired) electrons. The molecule has 3 heterocycles.